The lowest BCUT2D eigenvalue weighted by molar-refractivity contribution is -0.671. The van der Waals surface area contributed by atoms with Crippen LogP contribution in [-0.4, -0.2) is 21.2 Å². The van der Waals surface area contributed by atoms with Gasteiger partial charge in [0.1, 0.15) is 18.6 Å². The zero-order valence-corrected chi connectivity index (χ0v) is 14.8. The van der Waals surface area contributed by atoms with Crippen LogP contribution in [0.1, 0.15) is 12.5 Å². The number of halogens is 1. The molecule has 0 radical (unpaired) electrons. The lowest BCUT2D eigenvalue weighted by atomic mass is 10.0. The third kappa shape index (κ3) is 3.95. The van der Waals surface area contributed by atoms with Crippen molar-refractivity contribution in [3.8, 4) is 0 Å². The predicted molar refractivity (Wildman–Crippen MR) is 94.2 cm³/mol. The molecule has 2 heterocycles. The summed E-state index contributed by atoms with van der Waals surface area (Å²) >= 11 is 0. The van der Waals surface area contributed by atoms with Gasteiger partial charge >= 0.3 is 0 Å². The molecule has 25 heavy (non-hydrogen) atoms. The molecule has 0 saturated carbocycles. The molecule has 1 aliphatic rings. The molecule has 5 N–H and O–H groups in total. The van der Waals surface area contributed by atoms with Crippen LogP contribution in [-0.2, 0) is 13.6 Å². The van der Waals surface area contributed by atoms with Crippen LogP contribution in [0.15, 0.2) is 59.1 Å². The molecule has 0 aromatic carbocycles. The summed E-state index contributed by atoms with van der Waals surface area (Å²) < 4.78 is 3.68. The highest BCUT2D eigenvalue weighted by atomic mass is 35.5. The first kappa shape index (κ1) is 18.4. The highest BCUT2D eigenvalue weighted by Crippen LogP contribution is 2.24. The fourth-order valence-corrected chi connectivity index (χ4v) is 2.45. The normalized spacial score (nSPS) is 15.6. The standard InChI is InChI=1S/C17H20N7.ClH/c1-11-6-15(14(19)7-13(11)18)22-16-8-21-24(17(16)20)10-12-4-3-5-23(2)9-12;/h3-9,18H,10,19-20H2,1-2H3;1H/q+1;/p-1/b18-13?,22-15+;. The molecule has 0 atom stereocenters. The number of rotatable bonds is 3. The molecular weight excluding hydrogens is 338 g/mol. The maximum Gasteiger partial charge on any atom is 0.173 e. The van der Waals surface area contributed by atoms with Crippen LogP contribution in [0.25, 0.3) is 0 Å². The number of anilines is 1. The summed E-state index contributed by atoms with van der Waals surface area (Å²) in [6.07, 6.45) is 9.00. The van der Waals surface area contributed by atoms with Crippen molar-refractivity contribution in [2.75, 3.05) is 5.73 Å². The van der Waals surface area contributed by atoms with Gasteiger partial charge in [0.05, 0.1) is 29.9 Å². The smallest absolute Gasteiger partial charge is 0.173 e. The number of pyridine rings is 1. The molecule has 2 aromatic heterocycles. The first-order valence-corrected chi connectivity index (χ1v) is 7.53. The van der Waals surface area contributed by atoms with E-state index >= 15 is 0 Å². The summed E-state index contributed by atoms with van der Waals surface area (Å²) in [5, 5.41) is 12.1. The highest BCUT2D eigenvalue weighted by Gasteiger charge is 2.14. The lowest BCUT2D eigenvalue weighted by Crippen LogP contribution is -3.00. The van der Waals surface area contributed by atoms with Crippen LogP contribution in [0, 0.1) is 5.41 Å². The fourth-order valence-electron chi connectivity index (χ4n) is 2.45. The Morgan fingerprint density at radius 1 is 1.32 bits per heavy atom. The third-order valence-corrected chi connectivity index (χ3v) is 3.81. The van der Waals surface area contributed by atoms with Crippen molar-refractivity contribution in [3.05, 3.63) is 59.7 Å². The van der Waals surface area contributed by atoms with Gasteiger partial charge in [-0.3, -0.25) is 0 Å². The first-order chi connectivity index (χ1) is 11.4. The number of hydrogen-bond acceptors (Lipinski definition) is 5. The van der Waals surface area contributed by atoms with Gasteiger partial charge in [-0.15, -0.1) is 0 Å². The SMILES string of the molecule is CC1=C/C(=N\c2cnn(Cc3ccc[n+](C)c3)c2N)C(N)=CC1=N.[Cl-]. The quantitative estimate of drug-likeness (QED) is 0.447. The fraction of sp³-hybridized carbons (Fsp3) is 0.176. The van der Waals surface area contributed by atoms with Crippen molar-refractivity contribution in [3.63, 3.8) is 0 Å². The van der Waals surface area contributed by atoms with E-state index in [4.69, 9.17) is 16.9 Å². The summed E-state index contributed by atoms with van der Waals surface area (Å²) in [4.78, 5) is 4.50. The second-order valence-corrected chi connectivity index (χ2v) is 5.79. The van der Waals surface area contributed by atoms with Crippen molar-refractivity contribution in [1.82, 2.24) is 9.78 Å². The van der Waals surface area contributed by atoms with Gasteiger partial charge in [0.25, 0.3) is 0 Å². The maximum absolute atomic E-state index is 7.76. The number of nitrogens with one attached hydrogen (secondary N) is 1. The Kier molecular flexibility index (Phi) is 5.38. The number of nitrogens with zero attached hydrogens (tertiary/aromatic N) is 4. The van der Waals surface area contributed by atoms with Crippen molar-refractivity contribution in [1.29, 1.82) is 5.41 Å². The average molecular weight is 358 g/mol. The molecular formula is C17H20ClN7. The van der Waals surface area contributed by atoms with Crippen LogP contribution in [0.2, 0.25) is 0 Å². The largest absolute Gasteiger partial charge is 1.00 e. The zero-order chi connectivity index (χ0) is 17.3. The molecule has 130 valence electrons. The molecule has 0 unspecified atom stereocenters. The predicted octanol–water partition coefficient (Wildman–Crippen LogP) is -1.76. The van der Waals surface area contributed by atoms with Crippen LogP contribution in [0.3, 0.4) is 0 Å². The molecule has 0 saturated heterocycles. The van der Waals surface area contributed by atoms with Crippen LogP contribution in [0.4, 0.5) is 11.5 Å². The molecule has 7 nitrogen and oxygen atoms in total. The Balaban J connectivity index is 0.00000225. The van der Waals surface area contributed by atoms with E-state index in [1.807, 2.05) is 43.1 Å². The minimum absolute atomic E-state index is 0. The van der Waals surface area contributed by atoms with E-state index < -0.39 is 0 Å². The van der Waals surface area contributed by atoms with E-state index in [9.17, 15) is 0 Å². The molecule has 0 aliphatic heterocycles. The first-order valence-electron chi connectivity index (χ1n) is 7.53. The van der Waals surface area contributed by atoms with E-state index in [1.165, 1.54) is 0 Å². The molecule has 0 fully saturated rings. The topological polar surface area (TPSA) is 110 Å². The second-order valence-electron chi connectivity index (χ2n) is 5.79. The van der Waals surface area contributed by atoms with E-state index in [-0.39, 0.29) is 12.4 Å². The molecule has 0 amide bonds. The Labute approximate surface area is 152 Å². The molecule has 3 rings (SSSR count). The Morgan fingerprint density at radius 2 is 2.08 bits per heavy atom. The van der Waals surface area contributed by atoms with E-state index in [2.05, 4.69) is 10.1 Å². The van der Waals surface area contributed by atoms with Crippen molar-refractivity contribution in [2.24, 2.45) is 17.8 Å². The van der Waals surface area contributed by atoms with Crippen LogP contribution in [0.5, 0.6) is 0 Å². The van der Waals surface area contributed by atoms with Crippen LogP contribution < -0.4 is 28.4 Å². The average Bonchev–Trinajstić information content (AvgIpc) is 2.86. The monoisotopic (exact) mass is 357 g/mol. The molecule has 0 spiro atoms. The molecule has 8 heteroatoms. The third-order valence-electron chi connectivity index (χ3n) is 3.81. The Bertz CT molecular complexity index is 905. The zero-order valence-electron chi connectivity index (χ0n) is 14.1. The molecule has 2 aromatic rings. The maximum atomic E-state index is 7.76. The summed E-state index contributed by atoms with van der Waals surface area (Å²) in [5.41, 5.74) is 16.0. The minimum Gasteiger partial charge on any atom is -1.00 e. The number of hydrogen-bond donors (Lipinski definition) is 3. The second kappa shape index (κ2) is 7.31. The van der Waals surface area contributed by atoms with Gasteiger partial charge in [0.15, 0.2) is 12.4 Å². The number of allylic oxidation sites excluding steroid dienone is 3. The van der Waals surface area contributed by atoms with Gasteiger partial charge in [-0.25, -0.2) is 14.2 Å². The van der Waals surface area contributed by atoms with Crippen LogP contribution >= 0.6 is 0 Å². The van der Waals surface area contributed by atoms with E-state index in [0.717, 1.165) is 11.1 Å². The van der Waals surface area contributed by atoms with Gasteiger partial charge in [-0.05, 0) is 30.7 Å². The molecule has 0 bridgehead atoms. The number of nitrogen functional groups attached to an aromatic ring is 1. The summed E-state index contributed by atoms with van der Waals surface area (Å²) in [5.74, 6) is 0.480. The number of nitrogens with two attached hydrogens (primary N) is 2. The van der Waals surface area contributed by atoms with Gasteiger partial charge in [0.2, 0.25) is 0 Å². The number of aryl methyl sites for hydroxylation is 1. The van der Waals surface area contributed by atoms with Gasteiger partial charge in [0, 0.05) is 11.6 Å². The number of aromatic nitrogens is 3. The van der Waals surface area contributed by atoms with Gasteiger partial charge in [-0.2, -0.15) is 5.10 Å². The Hall–Kier alpha value is -2.93. The van der Waals surface area contributed by atoms with Gasteiger partial charge < -0.3 is 29.3 Å². The highest BCUT2D eigenvalue weighted by molar-refractivity contribution is 6.22. The minimum atomic E-state index is 0. The van der Waals surface area contributed by atoms with Crippen molar-refractivity contribution >= 4 is 22.9 Å². The lowest BCUT2D eigenvalue weighted by Gasteiger charge is -2.11. The summed E-state index contributed by atoms with van der Waals surface area (Å²) in [6, 6.07) is 4.00. The van der Waals surface area contributed by atoms with Crippen molar-refractivity contribution < 1.29 is 17.0 Å². The van der Waals surface area contributed by atoms with E-state index in [1.54, 1.807) is 23.0 Å². The number of aliphatic imine (C=N–C) groups is 1. The Morgan fingerprint density at radius 3 is 2.80 bits per heavy atom. The summed E-state index contributed by atoms with van der Waals surface area (Å²) in [7, 11) is 1.97. The van der Waals surface area contributed by atoms with Crippen molar-refractivity contribution in [2.45, 2.75) is 13.5 Å². The molecule has 1 aliphatic carbocycles. The van der Waals surface area contributed by atoms with E-state index in [0.29, 0.717) is 35.2 Å². The van der Waals surface area contributed by atoms with Gasteiger partial charge in [-0.1, -0.05) is 0 Å². The summed E-state index contributed by atoms with van der Waals surface area (Å²) in [6.45, 7) is 2.42.